The number of carbonyl (C=O) groups excluding carboxylic acids is 2. The van der Waals surface area contributed by atoms with Crippen molar-refractivity contribution >= 4 is 17.7 Å². The van der Waals surface area contributed by atoms with Crippen LogP contribution >= 0.6 is 0 Å². The average Bonchev–Trinajstić information content (AvgIpc) is 2.49. The molecule has 2 rings (SSSR count). The van der Waals surface area contributed by atoms with Crippen LogP contribution in [0.1, 0.15) is 26.3 Å². The molecule has 2 heterocycles. The Morgan fingerprint density at radius 2 is 2.29 bits per heavy atom. The zero-order valence-corrected chi connectivity index (χ0v) is 14.3. The highest BCUT2D eigenvalue weighted by atomic mass is 16.6. The lowest BCUT2D eigenvalue weighted by Gasteiger charge is -2.23. The molecule has 0 radical (unpaired) electrons. The molecule has 1 aliphatic heterocycles. The van der Waals surface area contributed by atoms with Crippen molar-refractivity contribution < 1.29 is 14.3 Å². The maximum atomic E-state index is 11.9. The Hall–Kier alpha value is -2.41. The topological polar surface area (TPSA) is 83.6 Å². The number of rotatable bonds is 4. The third-order valence-corrected chi connectivity index (χ3v) is 3.29. The molecule has 2 N–H and O–H groups in total. The normalized spacial score (nSPS) is 15.6. The summed E-state index contributed by atoms with van der Waals surface area (Å²) >= 11 is 0. The minimum absolute atomic E-state index is 0.0517. The predicted molar refractivity (Wildman–Crippen MR) is 91.5 cm³/mol. The van der Waals surface area contributed by atoms with Gasteiger partial charge < -0.3 is 15.0 Å². The number of ether oxygens (including phenoxy) is 1. The van der Waals surface area contributed by atoms with E-state index in [0.717, 1.165) is 12.1 Å². The molecule has 1 saturated heterocycles. The number of aromatic nitrogens is 1. The van der Waals surface area contributed by atoms with Crippen molar-refractivity contribution in [2.75, 3.05) is 25.0 Å². The smallest absolute Gasteiger partial charge is 0.412 e. The summed E-state index contributed by atoms with van der Waals surface area (Å²) in [4.78, 5) is 29.4. The van der Waals surface area contributed by atoms with Crippen LogP contribution in [0.4, 0.5) is 10.5 Å². The summed E-state index contributed by atoms with van der Waals surface area (Å²) in [5.74, 6) is 0.0517. The Morgan fingerprint density at radius 3 is 3.00 bits per heavy atom. The van der Waals surface area contributed by atoms with Crippen LogP contribution < -0.4 is 10.6 Å². The molecule has 1 fully saturated rings. The van der Waals surface area contributed by atoms with Gasteiger partial charge in [-0.2, -0.15) is 0 Å². The summed E-state index contributed by atoms with van der Waals surface area (Å²) in [6.45, 7) is 7.25. The molecule has 1 aromatic rings. The number of piperazine rings is 1. The summed E-state index contributed by atoms with van der Waals surface area (Å²) in [5.41, 5.74) is 0.942. The van der Waals surface area contributed by atoms with Crippen molar-refractivity contribution in [1.29, 1.82) is 0 Å². The van der Waals surface area contributed by atoms with E-state index in [4.69, 9.17) is 4.74 Å². The van der Waals surface area contributed by atoms with E-state index < -0.39 is 11.7 Å². The van der Waals surface area contributed by atoms with E-state index in [9.17, 15) is 9.59 Å². The Kier molecular flexibility index (Phi) is 5.92. The van der Waals surface area contributed by atoms with Gasteiger partial charge in [0, 0.05) is 31.7 Å². The highest BCUT2D eigenvalue weighted by Gasteiger charge is 2.17. The quantitative estimate of drug-likeness (QED) is 0.880. The number of nitrogens with one attached hydrogen (secondary N) is 2. The summed E-state index contributed by atoms with van der Waals surface area (Å²) in [5, 5.41) is 5.76. The third kappa shape index (κ3) is 5.66. The van der Waals surface area contributed by atoms with E-state index in [1.807, 2.05) is 26.8 Å². The fourth-order valence-corrected chi connectivity index (χ4v) is 2.21. The number of nitrogens with zero attached hydrogens (tertiary/aromatic N) is 2. The summed E-state index contributed by atoms with van der Waals surface area (Å²) in [6.07, 6.45) is 7.02. The molecule has 0 atom stereocenters. The summed E-state index contributed by atoms with van der Waals surface area (Å²) < 4.78 is 5.26. The molecule has 1 aliphatic rings. The van der Waals surface area contributed by atoms with E-state index >= 15 is 0 Å². The van der Waals surface area contributed by atoms with E-state index in [1.165, 1.54) is 0 Å². The SMILES string of the molecule is CC(C)(C)OC(=O)Nc1ccncc1CC=CN1CCNCC1=O. The molecule has 0 spiro atoms. The maximum Gasteiger partial charge on any atom is 0.412 e. The molecule has 0 aliphatic carbocycles. The van der Waals surface area contributed by atoms with Crippen LogP contribution in [0.15, 0.2) is 30.7 Å². The first-order chi connectivity index (χ1) is 11.3. The second-order valence-corrected chi connectivity index (χ2v) is 6.51. The van der Waals surface area contributed by atoms with Crippen molar-refractivity contribution in [3.63, 3.8) is 0 Å². The highest BCUT2D eigenvalue weighted by molar-refractivity contribution is 5.85. The largest absolute Gasteiger partial charge is 0.444 e. The van der Waals surface area contributed by atoms with E-state index in [-0.39, 0.29) is 5.91 Å². The van der Waals surface area contributed by atoms with Gasteiger partial charge in [-0.15, -0.1) is 0 Å². The van der Waals surface area contributed by atoms with E-state index in [0.29, 0.717) is 25.2 Å². The van der Waals surface area contributed by atoms with Gasteiger partial charge in [0.1, 0.15) is 5.60 Å². The molecule has 24 heavy (non-hydrogen) atoms. The van der Waals surface area contributed by atoms with E-state index in [1.54, 1.807) is 29.6 Å². The molecule has 0 aromatic carbocycles. The lowest BCUT2D eigenvalue weighted by Crippen LogP contribution is -2.45. The number of anilines is 1. The Morgan fingerprint density at radius 1 is 1.50 bits per heavy atom. The van der Waals surface area contributed by atoms with Crippen LogP contribution in [-0.2, 0) is 16.0 Å². The van der Waals surface area contributed by atoms with Crippen molar-refractivity contribution in [3.05, 3.63) is 36.3 Å². The maximum absolute atomic E-state index is 11.9. The minimum Gasteiger partial charge on any atom is -0.444 e. The molecular formula is C17H24N4O3. The molecule has 130 valence electrons. The van der Waals surface area contributed by atoms with Gasteiger partial charge in [0.2, 0.25) is 5.91 Å². The molecule has 7 nitrogen and oxygen atoms in total. The Balaban J connectivity index is 1.98. The van der Waals surface area contributed by atoms with Gasteiger partial charge in [-0.05, 0) is 38.8 Å². The highest BCUT2D eigenvalue weighted by Crippen LogP contribution is 2.17. The first-order valence-electron chi connectivity index (χ1n) is 7.95. The summed E-state index contributed by atoms with van der Waals surface area (Å²) in [6, 6.07) is 1.73. The molecule has 1 aromatic heterocycles. The molecule has 0 unspecified atom stereocenters. The number of hydrogen-bond donors (Lipinski definition) is 2. The zero-order valence-electron chi connectivity index (χ0n) is 14.3. The number of amides is 2. The minimum atomic E-state index is -0.556. The van der Waals surface area contributed by atoms with Crippen LogP contribution in [0.2, 0.25) is 0 Å². The monoisotopic (exact) mass is 332 g/mol. The van der Waals surface area contributed by atoms with Gasteiger partial charge in [0.05, 0.1) is 12.2 Å². The van der Waals surface area contributed by atoms with Gasteiger partial charge in [0.15, 0.2) is 0 Å². The number of pyridine rings is 1. The van der Waals surface area contributed by atoms with Crippen molar-refractivity contribution in [2.45, 2.75) is 32.8 Å². The Labute approximate surface area is 142 Å². The average molecular weight is 332 g/mol. The third-order valence-electron chi connectivity index (χ3n) is 3.29. The van der Waals surface area contributed by atoms with Crippen LogP contribution in [0, 0.1) is 0 Å². The first-order valence-corrected chi connectivity index (χ1v) is 7.95. The lowest BCUT2D eigenvalue weighted by atomic mass is 10.1. The molecule has 7 heteroatoms. The van der Waals surface area contributed by atoms with Crippen molar-refractivity contribution in [2.24, 2.45) is 0 Å². The standard InChI is InChI=1S/C17H24N4O3/c1-17(2,3)24-16(23)20-14-6-7-18-11-13(14)5-4-9-21-10-8-19-12-15(21)22/h4,6-7,9,11,19H,5,8,10,12H2,1-3H3,(H,18,20,23). The predicted octanol–water partition coefficient (Wildman–Crippen LogP) is 1.92. The fraction of sp³-hybridized carbons (Fsp3) is 0.471. The second kappa shape index (κ2) is 7.92. The van der Waals surface area contributed by atoms with Crippen LogP contribution in [-0.4, -0.2) is 47.1 Å². The molecule has 2 amide bonds. The van der Waals surface area contributed by atoms with Gasteiger partial charge >= 0.3 is 6.09 Å². The van der Waals surface area contributed by atoms with Gasteiger partial charge in [0.25, 0.3) is 0 Å². The number of hydrogen-bond acceptors (Lipinski definition) is 5. The number of allylic oxidation sites excluding steroid dienone is 1. The molecule has 0 bridgehead atoms. The van der Waals surface area contributed by atoms with Crippen LogP contribution in [0.3, 0.4) is 0 Å². The van der Waals surface area contributed by atoms with Gasteiger partial charge in [-0.3, -0.25) is 15.1 Å². The fourth-order valence-electron chi connectivity index (χ4n) is 2.21. The van der Waals surface area contributed by atoms with Gasteiger partial charge in [-0.1, -0.05) is 6.08 Å². The zero-order chi connectivity index (χ0) is 17.6. The Bertz CT molecular complexity index is 623. The summed E-state index contributed by atoms with van der Waals surface area (Å²) in [7, 11) is 0. The second-order valence-electron chi connectivity index (χ2n) is 6.51. The van der Waals surface area contributed by atoms with E-state index in [2.05, 4.69) is 15.6 Å². The van der Waals surface area contributed by atoms with Crippen molar-refractivity contribution in [1.82, 2.24) is 15.2 Å². The van der Waals surface area contributed by atoms with Crippen LogP contribution in [0.5, 0.6) is 0 Å². The molecule has 0 saturated carbocycles. The number of carbonyl (C=O) groups is 2. The molecular weight excluding hydrogens is 308 g/mol. The van der Waals surface area contributed by atoms with Crippen LogP contribution in [0.25, 0.3) is 0 Å². The van der Waals surface area contributed by atoms with Crippen molar-refractivity contribution in [3.8, 4) is 0 Å². The first kappa shape index (κ1) is 17.9. The van der Waals surface area contributed by atoms with Gasteiger partial charge in [-0.25, -0.2) is 4.79 Å². The lowest BCUT2D eigenvalue weighted by molar-refractivity contribution is -0.129.